The number of amides is 1. The SMILES string of the molecule is CCc1nc(C(=O)N2c3ccccc3CC2C)c2ccccn12. The summed E-state index contributed by atoms with van der Waals surface area (Å²) in [6, 6.07) is 14.2. The standard InChI is InChI=1S/C19H19N3O/c1-3-17-20-18(16-10-6-7-11-21(16)17)19(23)22-13(2)12-14-8-4-5-9-15(14)22/h4-11,13H,3,12H2,1-2H3. The zero-order chi connectivity index (χ0) is 16.0. The molecule has 4 nitrogen and oxygen atoms in total. The summed E-state index contributed by atoms with van der Waals surface area (Å²) in [7, 11) is 0. The second-order valence-corrected chi connectivity index (χ2v) is 6.04. The number of carbonyl (C=O) groups is 1. The molecule has 116 valence electrons. The van der Waals surface area contributed by atoms with E-state index >= 15 is 0 Å². The normalized spacial score (nSPS) is 16.8. The Morgan fingerprint density at radius 1 is 1.22 bits per heavy atom. The van der Waals surface area contributed by atoms with E-state index in [1.165, 1.54) is 5.56 Å². The Morgan fingerprint density at radius 2 is 2.00 bits per heavy atom. The summed E-state index contributed by atoms with van der Waals surface area (Å²) in [4.78, 5) is 19.7. The van der Waals surface area contributed by atoms with E-state index in [2.05, 4.69) is 24.9 Å². The number of aryl methyl sites for hydroxylation is 1. The first-order chi connectivity index (χ1) is 11.2. The first kappa shape index (κ1) is 14.0. The highest BCUT2D eigenvalue weighted by Crippen LogP contribution is 2.33. The molecule has 0 spiro atoms. The second-order valence-electron chi connectivity index (χ2n) is 6.04. The van der Waals surface area contributed by atoms with Crippen molar-refractivity contribution in [3.63, 3.8) is 0 Å². The summed E-state index contributed by atoms with van der Waals surface area (Å²) in [5, 5.41) is 0. The van der Waals surface area contributed by atoms with E-state index in [4.69, 9.17) is 0 Å². The van der Waals surface area contributed by atoms with Crippen LogP contribution in [-0.2, 0) is 12.8 Å². The number of para-hydroxylation sites is 1. The van der Waals surface area contributed by atoms with Gasteiger partial charge in [0.15, 0.2) is 5.69 Å². The van der Waals surface area contributed by atoms with Crippen molar-refractivity contribution in [2.75, 3.05) is 4.90 Å². The van der Waals surface area contributed by atoms with Crippen LogP contribution in [-0.4, -0.2) is 21.3 Å². The number of aromatic nitrogens is 2. The zero-order valence-corrected chi connectivity index (χ0v) is 13.4. The maximum absolute atomic E-state index is 13.2. The molecule has 0 aliphatic carbocycles. The van der Waals surface area contributed by atoms with Crippen LogP contribution >= 0.6 is 0 Å². The van der Waals surface area contributed by atoms with Crippen LogP contribution in [0.4, 0.5) is 5.69 Å². The largest absolute Gasteiger partial charge is 0.304 e. The van der Waals surface area contributed by atoms with Crippen molar-refractivity contribution in [1.82, 2.24) is 9.38 Å². The molecule has 0 N–H and O–H groups in total. The lowest BCUT2D eigenvalue weighted by Gasteiger charge is -2.21. The molecule has 0 bridgehead atoms. The van der Waals surface area contributed by atoms with Crippen molar-refractivity contribution < 1.29 is 4.79 Å². The van der Waals surface area contributed by atoms with Crippen LogP contribution < -0.4 is 4.90 Å². The first-order valence-electron chi connectivity index (χ1n) is 8.08. The smallest absolute Gasteiger partial charge is 0.279 e. The van der Waals surface area contributed by atoms with Gasteiger partial charge in [0.25, 0.3) is 5.91 Å². The summed E-state index contributed by atoms with van der Waals surface area (Å²) in [6.45, 7) is 4.15. The van der Waals surface area contributed by atoms with Gasteiger partial charge >= 0.3 is 0 Å². The molecule has 3 aromatic rings. The van der Waals surface area contributed by atoms with E-state index in [1.807, 2.05) is 51.9 Å². The average molecular weight is 305 g/mol. The highest BCUT2D eigenvalue weighted by molar-refractivity contribution is 6.10. The highest BCUT2D eigenvalue weighted by atomic mass is 16.2. The lowest BCUT2D eigenvalue weighted by molar-refractivity contribution is 0.0978. The minimum atomic E-state index is -0.00847. The summed E-state index contributed by atoms with van der Waals surface area (Å²) in [5.41, 5.74) is 3.67. The van der Waals surface area contributed by atoms with E-state index in [0.717, 1.165) is 29.9 Å². The van der Waals surface area contributed by atoms with Crippen molar-refractivity contribution in [3.05, 3.63) is 65.7 Å². The van der Waals surface area contributed by atoms with Crippen molar-refractivity contribution in [2.45, 2.75) is 32.7 Å². The van der Waals surface area contributed by atoms with Crippen LogP contribution in [0.5, 0.6) is 0 Å². The van der Waals surface area contributed by atoms with Gasteiger partial charge in [0, 0.05) is 24.3 Å². The molecule has 1 aliphatic rings. The Kier molecular flexibility index (Phi) is 3.18. The molecule has 1 amide bonds. The monoisotopic (exact) mass is 305 g/mol. The number of benzene rings is 1. The number of anilines is 1. The fourth-order valence-corrected chi connectivity index (χ4v) is 3.50. The third-order valence-corrected chi connectivity index (χ3v) is 4.57. The van der Waals surface area contributed by atoms with Crippen molar-refractivity contribution in [1.29, 1.82) is 0 Å². The van der Waals surface area contributed by atoms with Crippen molar-refractivity contribution >= 4 is 17.1 Å². The molecule has 1 aliphatic heterocycles. The van der Waals surface area contributed by atoms with E-state index in [-0.39, 0.29) is 11.9 Å². The third-order valence-electron chi connectivity index (χ3n) is 4.57. The number of fused-ring (bicyclic) bond motifs is 2. The first-order valence-corrected chi connectivity index (χ1v) is 8.08. The molecule has 2 aromatic heterocycles. The summed E-state index contributed by atoms with van der Waals surface area (Å²) >= 11 is 0. The maximum atomic E-state index is 13.2. The highest BCUT2D eigenvalue weighted by Gasteiger charge is 2.33. The van der Waals surface area contributed by atoms with Crippen LogP contribution in [0.2, 0.25) is 0 Å². The van der Waals surface area contributed by atoms with Gasteiger partial charge in [-0.25, -0.2) is 4.98 Å². The Balaban J connectivity index is 1.84. The Labute approximate surface area is 135 Å². The van der Waals surface area contributed by atoms with Gasteiger partial charge in [0.1, 0.15) is 5.82 Å². The predicted molar refractivity (Wildman–Crippen MR) is 91.0 cm³/mol. The van der Waals surface area contributed by atoms with Gasteiger partial charge < -0.3 is 9.30 Å². The number of hydrogen-bond acceptors (Lipinski definition) is 2. The van der Waals surface area contributed by atoms with E-state index in [0.29, 0.717) is 5.69 Å². The van der Waals surface area contributed by atoms with E-state index < -0.39 is 0 Å². The van der Waals surface area contributed by atoms with Gasteiger partial charge in [0.05, 0.1) is 5.52 Å². The molecule has 1 unspecified atom stereocenters. The minimum absolute atomic E-state index is 0.00847. The molecule has 4 heteroatoms. The molecule has 23 heavy (non-hydrogen) atoms. The quantitative estimate of drug-likeness (QED) is 0.727. The maximum Gasteiger partial charge on any atom is 0.279 e. The summed E-state index contributed by atoms with van der Waals surface area (Å²) < 4.78 is 2.01. The van der Waals surface area contributed by atoms with Crippen LogP contribution in [0, 0.1) is 0 Å². The molecular formula is C19H19N3O. The zero-order valence-electron chi connectivity index (χ0n) is 13.4. The fourth-order valence-electron chi connectivity index (χ4n) is 3.50. The van der Waals surface area contributed by atoms with Gasteiger partial charge in [-0.3, -0.25) is 4.79 Å². The molecule has 0 fully saturated rings. The Morgan fingerprint density at radius 3 is 2.83 bits per heavy atom. The molecule has 0 saturated carbocycles. The predicted octanol–water partition coefficient (Wildman–Crippen LogP) is 3.49. The number of carbonyl (C=O) groups excluding carboxylic acids is 1. The van der Waals surface area contributed by atoms with Crippen molar-refractivity contribution in [3.8, 4) is 0 Å². The molecule has 1 aromatic carbocycles. The average Bonchev–Trinajstić information content (AvgIpc) is 3.11. The van der Waals surface area contributed by atoms with E-state index in [1.54, 1.807) is 0 Å². The number of hydrogen-bond donors (Lipinski definition) is 0. The van der Waals surface area contributed by atoms with Crippen LogP contribution in [0.3, 0.4) is 0 Å². The van der Waals surface area contributed by atoms with Crippen LogP contribution in [0.15, 0.2) is 48.7 Å². The van der Waals surface area contributed by atoms with Gasteiger partial charge in [-0.05, 0) is 37.1 Å². The minimum Gasteiger partial charge on any atom is -0.304 e. The summed E-state index contributed by atoms with van der Waals surface area (Å²) in [6.07, 6.45) is 3.66. The van der Waals surface area contributed by atoms with Crippen LogP contribution in [0.25, 0.3) is 5.52 Å². The molecule has 4 rings (SSSR count). The number of imidazole rings is 1. The van der Waals surface area contributed by atoms with Crippen molar-refractivity contribution in [2.24, 2.45) is 0 Å². The topological polar surface area (TPSA) is 37.6 Å². The Bertz CT molecular complexity index is 897. The molecule has 3 heterocycles. The molecule has 0 saturated heterocycles. The second kappa shape index (κ2) is 5.23. The van der Waals surface area contributed by atoms with Crippen LogP contribution in [0.1, 0.15) is 35.7 Å². The van der Waals surface area contributed by atoms with Gasteiger partial charge in [-0.2, -0.15) is 0 Å². The number of pyridine rings is 1. The molecular weight excluding hydrogens is 286 g/mol. The van der Waals surface area contributed by atoms with Gasteiger partial charge in [-0.15, -0.1) is 0 Å². The van der Waals surface area contributed by atoms with Gasteiger partial charge in [-0.1, -0.05) is 31.2 Å². The molecule has 1 atom stereocenters. The third kappa shape index (κ3) is 2.05. The van der Waals surface area contributed by atoms with E-state index in [9.17, 15) is 4.79 Å². The number of rotatable bonds is 2. The van der Waals surface area contributed by atoms with Gasteiger partial charge in [0.2, 0.25) is 0 Å². The number of nitrogens with zero attached hydrogens (tertiary/aromatic N) is 3. The summed E-state index contributed by atoms with van der Waals surface area (Å²) in [5.74, 6) is 0.912. The lowest BCUT2D eigenvalue weighted by Crippen LogP contribution is -2.36. The Hall–Kier alpha value is -2.62. The fraction of sp³-hybridized carbons (Fsp3) is 0.263. The molecule has 0 radical (unpaired) electrons. The lowest BCUT2D eigenvalue weighted by atomic mass is 10.1.